The Kier molecular flexibility index (Phi) is 4.92. The van der Waals surface area contributed by atoms with Crippen LogP contribution in [0.25, 0.3) is 0 Å². The van der Waals surface area contributed by atoms with Crippen molar-refractivity contribution in [3.63, 3.8) is 0 Å². The highest BCUT2D eigenvalue weighted by atomic mass is 127. The smallest absolute Gasteiger partial charge is 0.243 e. The van der Waals surface area contributed by atoms with Gasteiger partial charge in [0.25, 0.3) is 0 Å². The second-order valence-corrected chi connectivity index (χ2v) is 4.28. The molecule has 0 radical (unpaired) electrons. The van der Waals surface area contributed by atoms with Crippen LogP contribution in [0.15, 0.2) is 18.7 Å². The van der Waals surface area contributed by atoms with Crippen LogP contribution in [-0.4, -0.2) is 4.57 Å². The maximum atomic E-state index is 2.32. The summed E-state index contributed by atoms with van der Waals surface area (Å²) in [6, 6.07) is 0. The lowest BCUT2D eigenvalue weighted by atomic mass is 9.89. The van der Waals surface area contributed by atoms with E-state index in [2.05, 4.69) is 34.9 Å². The van der Waals surface area contributed by atoms with E-state index in [0.717, 1.165) is 5.92 Å². The second-order valence-electron chi connectivity index (χ2n) is 4.28. The third-order valence-electron chi connectivity index (χ3n) is 3.02. The molecule has 0 aliphatic heterocycles. The zero-order valence-corrected chi connectivity index (χ0v) is 11.0. The number of hydrogen-bond acceptors (Lipinski definition) is 0. The molecule has 1 aromatic rings. The van der Waals surface area contributed by atoms with Crippen LogP contribution in [-0.2, 0) is 13.6 Å². The van der Waals surface area contributed by atoms with E-state index in [1.165, 1.54) is 38.6 Å². The highest BCUT2D eigenvalue weighted by molar-refractivity contribution is 4.71. The van der Waals surface area contributed by atoms with Crippen molar-refractivity contribution in [3.05, 3.63) is 18.7 Å². The van der Waals surface area contributed by atoms with Gasteiger partial charge in [0.15, 0.2) is 0 Å². The molecule has 1 aliphatic carbocycles. The normalized spacial score (nSPS) is 17.8. The molecule has 80 valence electrons. The molecule has 0 aromatic carbocycles. The lowest BCUT2D eigenvalue weighted by molar-refractivity contribution is -0.671. The molecule has 2 rings (SSSR count). The molecule has 0 N–H and O–H groups in total. The summed E-state index contributed by atoms with van der Waals surface area (Å²) in [4.78, 5) is 0. The fourth-order valence-corrected chi connectivity index (χ4v) is 2.28. The van der Waals surface area contributed by atoms with Crippen LogP contribution in [0.1, 0.15) is 32.1 Å². The van der Waals surface area contributed by atoms with Crippen LogP contribution < -0.4 is 28.5 Å². The quantitative estimate of drug-likeness (QED) is 0.484. The van der Waals surface area contributed by atoms with E-state index in [-0.39, 0.29) is 24.0 Å². The van der Waals surface area contributed by atoms with E-state index in [1.54, 1.807) is 0 Å². The van der Waals surface area contributed by atoms with Crippen molar-refractivity contribution in [1.82, 2.24) is 4.57 Å². The Morgan fingerprint density at radius 3 is 2.57 bits per heavy atom. The number of halogens is 1. The molecule has 3 heteroatoms. The average molecular weight is 306 g/mol. The molecule has 1 heterocycles. The molecule has 0 amide bonds. The molecule has 2 nitrogen and oxygen atoms in total. The van der Waals surface area contributed by atoms with Crippen LogP contribution in [0.4, 0.5) is 0 Å². The number of imidazole rings is 1. The highest BCUT2D eigenvalue weighted by Gasteiger charge is 2.15. The van der Waals surface area contributed by atoms with E-state index in [0.29, 0.717) is 0 Å². The topological polar surface area (TPSA) is 8.81 Å². The molecular weight excluding hydrogens is 287 g/mol. The van der Waals surface area contributed by atoms with Gasteiger partial charge in [-0.05, 0) is 18.8 Å². The Labute approximate surface area is 103 Å². The van der Waals surface area contributed by atoms with Gasteiger partial charge in [-0.2, -0.15) is 0 Å². The van der Waals surface area contributed by atoms with Gasteiger partial charge in [-0.25, -0.2) is 9.13 Å². The second kappa shape index (κ2) is 5.73. The summed E-state index contributed by atoms with van der Waals surface area (Å²) >= 11 is 0. The summed E-state index contributed by atoms with van der Waals surface area (Å²) in [5.74, 6) is 0.932. The van der Waals surface area contributed by atoms with E-state index >= 15 is 0 Å². The molecule has 0 unspecified atom stereocenters. The molecule has 0 spiro atoms. The Balaban J connectivity index is 0.000000980. The number of hydrogen-bond donors (Lipinski definition) is 0. The molecule has 0 atom stereocenters. The van der Waals surface area contributed by atoms with Gasteiger partial charge in [-0.3, -0.25) is 0 Å². The minimum atomic E-state index is 0. The van der Waals surface area contributed by atoms with E-state index in [9.17, 15) is 0 Å². The zero-order valence-electron chi connectivity index (χ0n) is 8.82. The molecule has 14 heavy (non-hydrogen) atoms. The van der Waals surface area contributed by atoms with Crippen LogP contribution in [0, 0.1) is 5.92 Å². The average Bonchev–Trinajstić information content (AvgIpc) is 2.53. The van der Waals surface area contributed by atoms with Gasteiger partial charge in [0.1, 0.15) is 12.4 Å². The predicted octanol–water partition coefficient (Wildman–Crippen LogP) is -1.10. The summed E-state index contributed by atoms with van der Waals surface area (Å²) in [6.07, 6.45) is 13.7. The maximum absolute atomic E-state index is 2.32. The van der Waals surface area contributed by atoms with Gasteiger partial charge in [0.2, 0.25) is 6.33 Å². The van der Waals surface area contributed by atoms with Gasteiger partial charge in [0, 0.05) is 0 Å². The van der Waals surface area contributed by atoms with Crippen molar-refractivity contribution in [2.24, 2.45) is 13.0 Å². The van der Waals surface area contributed by atoms with Gasteiger partial charge < -0.3 is 24.0 Å². The third-order valence-corrected chi connectivity index (χ3v) is 3.02. The predicted molar refractivity (Wildman–Crippen MR) is 52.2 cm³/mol. The summed E-state index contributed by atoms with van der Waals surface area (Å²) < 4.78 is 4.43. The SMILES string of the molecule is C[n+]1ccn(CC2CCCCC2)c1.[I-]. The third kappa shape index (κ3) is 3.26. The largest absolute Gasteiger partial charge is 1.00 e. The Hall–Kier alpha value is -0.0600. The van der Waals surface area contributed by atoms with Crippen molar-refractivity contribution in [3.8, 4) is 0 Å². The fourth-order valence-electron chi connectivity index (χ4n) is 2.28. The molecule has 0 saturated heterocycles. The minimum Gasteiger partial charge on any atom is -1.00 e. The van der Waals surface area contributed by atoms with Crippen LogP contribution in [0.2, 0.25) is 0 Å². The Bertz CT molecular complexity index is 264. The van der Waals surface area contributed by atoms with Gasteiger partial charge in [0.05, 0.1) is 13.6 Å². The highest BCUT2D eigenvalue weighted by Crippen LogP contribution is 2.24. The number of nitrogens with zero attached hydrogens (tertiary/aromatic N) is 2. The minimum absolute atomic E-state index is 0. The molecule has 1 aliphatic rings. The first-order valence-corrected chi connectivity index (χ1v) is 5.35. The van der Waals surface area contributed by atoms with Crippen molar-refractivity contribution in [2.75, 3.05) is 0 Å². The molecule has 0 bridgehead atoms. The molecule has 1 aromatic heterocycles. The number of rotatable bonds is 2. The van der Waals surface area contributed by atoms with Crippen molar-refractivity contribution in [1.29, 1.82) is 0 Å². The summed E-state index contributed by atoms with van der Waals surface area (Å²) in [5, 5.41) is 0. The van der Waals surface area contributed by atoms with Crippen LogP contribution in [0.3, 0.4) is 0 Å². The van der Waals surface area contributed by atoms with E-state index in [4.69, 9.17) is 0 Å². The van der Waals surface area contributed by atoms with Crippen LogP contribution in [0.5, 0.6) is 0 Å². The lowest BCUT2D eigenvalue weighted by Gasteiger charge is -2.19. The first-order valence-electron chi connectivity index (χ1n) is 5.35. The molecular formula is C11H19IN2. The fraction of sp³-hybridized carbons (Fsp3) is 0.727. The summed E-state index contributed by atoms with van der Waals surface area (Å²) in [7, 11) is 2.08. The van der Waals surface area contributed by atoms with Crippen molar-refractivity contribution < 1.29 is 28.5 Å². The number of aromatic nitrogens is 2. The van der Waals surface area contributed by atoms with Gasteiger partial charge >= 0.3 is 0 Å². The van der Waals surface area contributed by atoms with Gasteiger partial charge in [-0.1, -0.05) is 19.3 Å². The molecule has 1 saturated carbocycles. The molecule has 1 fully saturated rings. The Morgan fingerprint density at radius 1 is 1.29 bits per heavy atom. The number of aryl methyl sites for hydroxylation is 1. The van der Waals surface area contributed by atoms with Gasteiger partial charge in [-0.15, -0.1) is 0 Å². The first-order chi connectivity index (χ1) is 6.34. The monoisotopic (exact) mass is 306 g/mol. The Morgan fingerprint density at radius 2 is 2.00 bits per heavy atom. The maximum Gasteiger partial charge on any atom is 0.243 e. The first kappa shape index (κ1) is 12.0. The van der Waals surface area contributed by atoms with Crippen molar-refractivity contribution >= 4 is 0 Å². The standard InChI is InChI=1S/C11H19N2.HI/c1-12-7-8-13(10-12)9-11-5-3-2-4-6-11;/h7-8,10-11H,2-6,9H2,1H3;1H/q+1;/p-1. The zero-order chi connectivity index (χ0) is 9.10. The summed E-state index contributed by atoms with van der Waals surface area (Å²) in [5.41, 5.74) is 0. The van der Waals surface area contributed by atoms with E-state index < -0.39 is 0 Å². The van der Waals surface area contributed by atoms with Crippen LogP contribution >= 0.6 is 0 Å². The van der Waals surface area contributed by atoms with E-state index in [1.807, 2.05) is 0 Å². The lowest BCUT2D eigenvalue weighted by Crippen LogP contribution is -3.00. The summed E-state index contributed by atoms with van der Waals surface area (Å²) in [6.45, 7) is 1.22. The van der Waals surface area contributed by atoms with Crippen molar-refractivity contribution in [2.45, 2.75) is 38.6 Å².